The first-order chi connectivity index (χ1) is 15.6. The van der Waals surface area contributed by atoms with Crippen LogP contribution in [0.4, 0.5) is 5.69 Å². The van der Waals surface area contributed by atoms with E-state index in [1.807, 2.05) is 46.2 Å². The second-order valence-electron chi connectivity index (χ2n) is 8.50. The van der Waals surface area contributed by atoms with Gasteiger partial charge in [0.15, 0.2) is 0 Å². The van der Waals surface area contributed by atoms with Crippen LogP contribution < -0.4 is 9.64 Å². The quantitative estimate of drug-likeness (QED) is 0.618. The van der Waals surface area contributed by atoms with Crippen LogP contribution in [0.15, 0.2) is 78.9 Å². The Morgan fingerprint density at radius 3 is 2.44 bits per heavy atom. The van der Waals surface area contributed by atoms with Gasteiger partial charge in [0.05, 0.1) is 12.5 Å². The summed E-state index contributed by atoms with van der Waals surface area (Å²) in [6.45, 7) is 1.61. The number of amides is 2. The number of methoxy groups -OCH3 is 1. The van der Waals surface area contributed by atoms with E-state index in [1.54, 1.807) is 31.4 Å². The van der Waals surface area contributed by atoms with Gasteiger partial charge >= 0.3 is 0 Å². The summed E-state index contributed by atoms with van der Waals surface area (Å²) < 4.78 is 5.20. The predicted molar refractivity (Wildman–Crippen MR) is 124 cm³/mol. The minimum atomic E-state index is -0.657. The normalized spacial score (nSPS) is 19.5. The van der Waals surface area contributed by atoms with Crippen molar-refractivity contribution < 1.29 is 14.3 Å². The van der Waals surface area contributed by atoms with E-state index in [-0.39, 0.29) is 11.8 Å². The van der Waals surface area contributed by atoms with Gasteiger partial charge in [-0.2, -0.15) is 0 Å². The molecule has 2 amide bonds. The Bertz CT molecular complexity index is 1140. The third-order valence-electron chi connectivity index (χ3n) is 6.73. The molecule has 0 saturated carbocycles. The predicted octanol–water partition coefficient (Wildman–Crippen LogP) is 4.07. The molecule has 1 atom stereocenters. The molecule has 32 heavy (non-hydrogen) atoms. The van der Waals surface area contributed by atoms with Crippen LogP contribution in [-0.2, 0) is 16.6 Å². The molecule has 162 valence electrons. The van der Waals surface area contributed by atoms with Crippen LogP contribution in [-0.4, -0.2) is 43.5 Å². The van der Waals surface area contributed by atoms with Crippen molar-refractivity contribution in [2.75, 3.05) is 31.6 Å². The number of rotatable bonds is 5. The Hall–Kier alpha value is -3.60. The summed E-state index contributed by atoms with van der Waals surface area (Å²) in [5, 5.41) is 0. The van der Waals surface area contributed by atoms with Gasteiger partial charge in [0.1, 0.15) is 5.75 Å². The van der Waals surface area contributed by atoms with E-state index in [9.17, 15) is 9.59 Å². The first-order valence-electron chi connectivity index (χ1n) is 11.0. The first-order valence-corrected chi connectivity index (χ1v) is 11.0. The number of ether oxygens (including phenoxy) is 1. The number of carbonyl (C=O) groups excluding carboxylic acids is 2. The SMILES string of the molecule is COc1ccc(C(=O)N2CCC3(C2)C(=O)N(CCc2ccccc2)c2ccccc23)cc1. The zero-order chi connectivity index (χ0) is 22.1. The van der Waals surface area contributed by atoms with Crippen molar-refractivity contribution in [3.8, 4) is 5.75 Å². The van der Waals surface area contributed by atoms with Crippen molar-refractivity contribution in [1.29, 1.82) is 0 Å². The van der Waals surface area contributed by atoms with Crippen LogP contribution in [0.2, 0.25) is 0 Å². The fraction of sp³-hybridized carbons (Fsp3) is 0.259. The largest absolute Gasteiger partial charge is 0.497 e. The topological polar surface area (TPSA) is 49.9 Å². The molecule has 0 bridgehead atoms. The number of benzene rings is 3. The highest BCUT2D eigenvalue weighted by molar-refractivity contribution is 6.09. The van der Waals surface area contributed by atoms with Crippen LogP contribution in [0.25, 0.3) is 0 Å². The molecule has 0 aliphatic carbocycles. The standard InChI is InChI=1S/C27H26N2O3/c1-32-22-13-11-21(12-14-22)25(30)28-18-16-27(19-28)23-9-5-6-10-24(23)29(26(27)31)17-15-20-7-3-2-4-8-20/h2-14H,15-19H2,1H3. The number of para-hydroxylation sites is 1. The van der Waals surface area contributed by atoms with Crippen molar-refractivity contribution in [3.63, 3.8) is 0 Å². The van der Waals surface area contributed by atoms with Gasteiger partial charge < -0.3 is 14.5 Å². The van der Waals surface area contributed by atoms with Gasteiger partial charge in [-0.05, 0) is 54.3 Å². The Labute approximate surface area is 188 Å². The maximum atomic E-state index is 13.8. The Kier molecular flexibility index (Phi) is 5.17. The molecule has 3 aromatic carbocycles. The summed E-state index contributed by atoms with van der Waals surface area (Å²) in [7, 11) is 1.60. The lowest BCUT2D eigenvalue weighted by Gasteiger charge is -2.25. The van der Waals surface area contributed by atoms with Crippen molar-refractivity contribution >= 4 is 17.5 Å². The average molecular weight is 427 g/mol. The molecular formula is C27H26N2O3. The lowest BCUT2D eigenvalue weighted by atomic mass is 9.81. The van der Waals surface area contributed by atoms with Gasteiger partial charge in [0.2, 0.25) is 5.91 Å². The maximum Gasteiger partial charge on any atom is 0.253 e. The summed E-state index contributed by atoms with van der Waals surface area (Å²) in [5.41, 5.74) is 3.19. The van der Waals surface area contributed by atoms with Crippen molar-refractivity contribution in [1.82, 2.24) is 4.90 Å². The molecule has 0 aromatic heterocycles. The van der Waals surface area contributed by atoms with Crippen molar-refractivity contribution in [3.05, 3.63) is 95.6 Å². The van der Waals surface area contributed by atoms with Crippen LogP contribution in [0.1, 0.15) is 27.9 Å². The minimum Gasteiger partial charge on any atom is -0.497 e. The molecular weight excluding hydrogens is 400 g/mol. The molecule has 5 nitrogen and oxygen atoms in total. The number of nitrogens with zero attached hydrogens (tertiary/aromatic N) is 2. The second-order valence-corrected chi connectivity index (χ2v) is 8.50. The maximum absolute atomic E-state index is 13.8. The molecule has 1 spiro atoms. The fourth-order valence-corrected chi connectivity index (χ4v) is 5.00. The molecule has 2 aliphatic heterocycles. The summed E-state index contributed by atoms with van der Waals surface area (Å²) >= 11 is 0. The molecule has 1 saturated heterocycles. The molecule has 0 N–H and O–H groups in total. The van der Waals surface area contributed by atoms with E-state index in [0.29, 0.717) is 37.4 Å². The number of fused-ring (bicyclic) bond motifs is 2. The second kappa shape index (κ2) is 8.15. The Morgan fingerprint density at radius 2 is 1.69 bits per heavy atom. The van der Waals surface area contributed by atoms with Gasteiger partial charge in [-0.1, -0.05) is 48.5 Å². The smallest absolute Gasteiger partial charge is 0.253 e. The summed E-state index contributed by atoms with van der Waals surface area (Å²) in [4.78, 5) is 30.7. The first kappa shape index (κ1) is 20.3. The third kappa shape index (κ3) is 3.34. The van der Waals surface area contributed by atoms with Crippen molar-refractivity contribution in [2.45, 2.75) is 18.3 Å². The molecule has 3 aromatic rings. The molecule has 0 radical (unpaired) electrons. The Morgan fingerprint density at radius 1 is 0.969 bits per heavy atom. The average Bonchev–Trinajstić information content (AvgIpc) is 3.39. The number of hydrogen-bond donors (Lipinski definition) is 0. The number of likely N-dealkylation sites (tertiary alicyclic amines) is 1. The highest BCUT2D eigenvalue weighted by Gasteiger charge is 2.54. The van der Waals surface area contributed by atoms with Gasteiger partial charge in [-0.25, -0.2) is 0 Å². The van der Waals surface area contributed by atoms with Gasteiger partial charge in [0.25, 0.3) is 5.91 Å². The van der Waals surface area contributed by atoms with E-state index >= 15 is 0 Å². The third-order valence-corrected chi connectivity index (χ3v) is 6.73. The van der Waals surface area contributed by atoms with Crippen molar-refractivity contribution in [2.24, 2.45) is 0 Å². The highest BCUT2D eigenvalue weighted by Crippen LogP contribution is 2.47. The molecule has 5 heteroatoms. The van der Waals surface area contributed by atoms with Gasteiger partial charge in [-0.3, -0.25) is 9.59 Å². The van der Waals surface area contributed by atoms with E-state index in [0.717, 1.165) is 17.7 Å². The molecule has 1 fully saturated rings. The number of hydrogen-bond acceptors (Lipinski definition) is 3. The molecule has 2 heterocycles. The minimum absolute atomic E-state index is 0.0439. The van der Waals surface area contributed by atoms with E-state index < -0.39 is 5.41 Å². The lowest BCUT2D eigenvalue weighted by molar-refractivity contribution is -0.122. The molecule has 5 rings (SSSR count). The van der Waals surface area contributed by atoms with Crippen LogP contribution in [0.5, 0.6) is 5.75 Å². The molecule has 2 aliphatic rings. The monoisotopic (exact) mass is 426 g/mol. The summed E-state index contributed by atoms with van der Waals surface area (Å²) in [6.07, 6.45) is 1.44. The van der Waals surface area contributed by atoms with E-state index in [4.69, 9.17) is 4.74 Å². The molecule has 1 unspecified atom stereocenters. The number of anilines is 1. The van der Waals surface area contributed by atoms with Gasteiger partial charge in [-0.15, -0.1) is 0 Å². The van der Waals surface area contributed by atoms with E-state index in [2.05, 4.69) is 18.2 Å². The fourth-order valence-electron chi connectivity index (χ4n) is 5.00. The van der Waals surface area contributed by atoms with Gasteiger partial charge in [0, 0.05) is 30.9 Å². The summed E-state index contributed by atoms with van der Waals surface area (Å²) in [5.74, 6) is 0.783. The highest BCUT2D eigenvalue weighted by atomic mass is 16.5. The zero-order valence-corrected chi connectivity index (χ0v) is 18.2. The zero-order valence-electron chi connectivity index (χ0n) is 18.2. The van der Waals surface area contributed by atoms with E-state index in [1.165, 1.54) is 5.56 Å². The van der Waals surface area contributed by atoms with Crippen LogP contribution in [0.3, 0.4) is 0 Å². The lowest BCUT2D eigenvalue weighted by Crippen LogP contribution is -2.43. The van der Waals surface area contributed by atoms with Crippen LogP contribution in [0, 0.1) is 0 Å². The van der Waals surface area contributed by atoms with Crippen LogP contribution >= 0.6 is 0 Å². The number of carbonyl (C=O) groups is 2. The Balaban J connectivity index is 1.39. The summed E-state index contributed by atoms with van der Waals surface area (Å²) in [6, 6.07) is 25.4.